The Hall–Kier alpha value is -2.18. The summed E-state index contributed by atoms with van der Waals surface area (Å²) in [6, 6.07) is 15.9. The normalized spacial score (nSPS) is 19.0. The monoisotopic (exact) mass is 418 g/mol. The molecule has 1 heterocycles. The van der Waals surface area contributed by atoms with Gasteiger partial charge in [-0.15, -0.1) is 0 Å². The Balaban J connectivity index is 2.00. The first kappa shape index (κ1) is 22.5. The first-order valence-electron chi connectivity index (χ1n) is 10.5. The second-order valence-electron chi connectivity index (χ2n) is 8.70. The summed E-state index contributed by atoms with van der Waals surface area (Å²) in [4.78, 5) is 2.46. The molecular weight excluding hydrogens is 386 g/mol. The third-order valence-corrected chi connectivity index (χ3v) is 5.53. The van der Waals surface area contributed by atoms with Gasteiger partial charge in [0.2, 0.25) is 0 Å². The summed E-state index contributed by atoms with van der Waals surface area (Å²) in [5, 5.41) is 3.64. The van der Waals surface area contributed by atoms with Gasteiger partial charge in [-0.2, -0.15) is 8.78 Å². The van der Waals surface area contributed by atoms with Crippen molar-refractivity contribution in [3.05, 3.63) is 59.7 Å². The summed E-state index contributed by atoms with van der Waals surface area (Å²) in [5.41, 5.74) is 2.29. The predicted octanol–water partition coefficient (Wildman–Crippen LogP) is 5.10. The molecule has 1 N–H and O–H groups in total. The van der Waals surface area contributed by atoms with Crippen molar-refractivity contribution in [2.24, 2.45) is 5.41 Å². The lowest BCUT2D eigenvalue weighted by Gasteiger charge is -2.44. The van der Waals surface area contributed by atoms with E-state index >= 15 is 0 Å². The van der Waals surface area contributed by atoms with Gasteiger partial charge in [0.15, 0.2) is 11.5 Å². The fourth-order valence-corrected chi connectivity index (χ4v) is 3.99. The lowest BCUT2D eigenvalue weighted by atomic mass is 9.84. The molecule has 164 valence electrons. The van der Waals surface area contributed by atoms with E-state index in [1.54, 1.807) is 6.07 Å². The maximum absolute atomic E-state index is 12.8. The molecule has 0 bridgehead atoms. The predicted molar refractivity (Wildman–Crippen MR) is 115 cm³/mol. The van der Waals surface area contributed by atoms with Crippen LogP contribution >= 0.6 is 0 Å². The lowest BCUT2D eigenvalue weighted by Crippen LogP contribution is -2.56. The minimum absolute atomic E-state index is 0.00189. The van der Waals surface area contributed by atoms with E-state index in [1.807, 2.05) is 37.3 Å². The number of nitrogens with one attached hydrogen (secondary N) is 1. The van der Waals surface area contributed by atoms with E-state index in [2.05, 4.69) is 47.9 Å². The molecule has 0 spiro atoms. The number of halogens is 2. The molecule has 6 heteroatoms. The average molecular weight is 419 g/mol. The number of rotatable bonds is 7. The average Bonchev–Trinajstić information content (AvgIpc) is 2.70. The van der Waals surface area contributed by atoms with Gasteiger partial charge in [-0.3, -0.25) is 4.90 Å². The van der Waals surface area contributed by atoms with E-state index in [-0.39, 0.29) is 17.2 Å². The zero-order valence-corrected chi connectivity index (χ0v) is 18.2. The molecule has 30 heavy (non-hydrogen) atoms. The highest BCUT2D eigenvalue weighted by atomic mass is 19.3. The molecule has 0 amide bonds. The smallest absolute Gasteiger partial charge is 0.387 e. The van der Waals surface area contributed by atoms with Crippen LogP contribution in [0, 0.1) is 5.41 Å². The van der Waals surface area contributed by atoms with E-state index in [9.17, 15) is 8.78 Å². The van der Waals surface area contributed by atoms with Crippen LogP contribution in [0.4, 0.5) is 8.78 Å². The molecule has 0 radical (unpaired) electrons. The van der Waals surface area contributed by atoms with Crippen molar-refractivity contribution in [2.45, 2.75) is 46.4 Å². The zero-order chi connectivity index (χ0) is 21.7. The molecule has 2 aromatic rings. The molecule has 1 fully saturated rings. The van der Waals surface area contributed by atoms with Crippen LogP contribution in [0.2, 0.25) is 0 Å². The molecule has 1 saturated heterocycles. The Kier molecular flexibility index (Phi) is 7.32. The number of hydrogen-bond acceptors (Lipinski definition) is 4. The largest absolute Gasteiger partial charge is 0.490 e. The van der Waals surface area contributed by atoms with Gasteiger partial charge in [0.1, 0.15) is 0 Å². The number of hydrogen-bond donors (Lipinski definition) is 1. The highest BCUT2D eigenvalue weighted by Gasteiger charge is 2.33. The molecule has 3 rings (SSSR count). The van der Waals surface area contributed by atoms with Crippen LogP contribution in [0.15, 0.2) is 48.5 Å². The van der Waals surface area contributed by atoms with Crippen LogP contribution in [-0.2, 0) is 0 Å². The molecule has 1 aliphatic heterocycles. The van der Waals surface area contributed by atoms with Crippen LogP contribution in [0.5, 0.6) is 11.5 Å². The van der Waals surface area contributed by atoms with Gasteiger partial charge in [0.05, 0.1) is 12.6 Å². The Morgan fingerprint density at radius 1 is 1.07 bits per heavy atom. The standard InChI is InChI=1S/C24H32F2N2O2/c1-5-29-20-15-18(11-12-19(20)30-23(25)26)22(17-9-7-6-8-10-17)28-14-13-27-21(16-28)24(2,3)4/h6-12,15,21-23,27H,5,13-14,16H2,1-4H3/t21-,22?/m1/s1. The van der Waals surface area contributed by atoms with Gasteiger partial charge in [0.25, 0.3) is 0 Å². The van der Waals surface area contributed by atoms with Gasteiger partial charge in [0, 0.05) is 25.7 Å². The van der Waals surface area contributed by atoms with Gasteiger partial charge in [-0.25, -0.2) is 0 Å². The summed E-state index contributed by atoms with van der Waals surface area (Å²) >= 11 is 0. The minimum atomic E-state index is -2.89. The molecule has 0 aliphatic carbocycles. The summed E-state index contributed by atoms with van der Waals surface area (Å²) < 4.78 is 35.9. The fourth-order valence-electron chi connectivity index (χ4n) is 3.99. The summed E-state index contributed by atoms with van der Waals surface area (Å²) in [5.74, 6) is 0.411. The Morgan fingerprint density at radius 3 is 2.43 bits per heavy atom. The van der Waals surface area contributed by atoms with E-state index in [1.165, 1.54) is 0 Å². The van der Waals surface area contributed by atoms with E-state index in [0.717, 1.165) is 30.8 Å². The quantitative estimate of drug-likeness (QED) is 0.679. The summed E-state index contributed by atoms with van der Waals surface area (Å²) in [6.07, 6.45) is 0. The second kappa shape index (κ2) is 9.75. The molecule has 0 aromatic heterocycles. The lowest BCUT2D eigenvalue weighted by molar-refractivity contribution is -0.0514. The zero-order valence-electron chi connectivity index (χ0n) is 18.2. The van der Waals surface area contributed by atoms with E-state index in [4.69, 9.17) is 4.74 Å². The highest BCUT2D eigenvalue weighted by molar-refractivity contribution is 5.46. The van der Waals surface area contributed by atoms with Gasteiger partial charge < -0.3 is 14.8 Å². The number of nitrogens with zero attached hydrogens (tertiary/aromatic N) is 1. The highest BCUT2D eigenvalue weighted by Crippen LogP contribution is 2.37. The maximum Gasteiger partial charge on any atom is 0.387 e. The van der Waals surface area contributed by atoms with Crippen molar-refractivity contribution < 1.29 is 18.3 Å². The van der Waals surface area contributed by atoms with Crippen LogP contribution in [0.1, 0.15) is 44.9 Å². The van der Waals surface area contributed by atoms with Crippen LogP contribution < -0.4 is 14.8 Å². The number of piperazine rings is 1. The SMILES string of the molecule is CCOc1cc(C(c2ccccc2)N2CCN[C@@H](C(C)(C)C)C2)ccc1OC(F)F. The van der Waals surface area contributed by atoms with E-state index in [0.29, 0.717) is 18.4 Å². The summed E-state index contributed by atoms with van der Waals surface area (Å²) in [6.45, 7) is 8.74. The first-order valence-corrected chi connectivity index (χ1v) is 10.5. The van der Waals surface area contributed by atoms with Crippen molar-refractivity contribution in [3.8, 4) is 11.5 Å². The minimum Gasteiger partial charge on any atom is -0.490 e. The Morgan fingerprint density at radius 2 is 1.80 bits per heavy atom. The molecule has 2 aromatic carbocycles. The van der Waals surface area contributed by atoms with Crippen molar-refractivity contribution >= 4 is 0 Å². The van der Waals surface area contributed by atoms with Crippen molar-refractivity contribution in [3.63, 3.8) is 0 Å². The van der Waals surface area contributed by atoms with E-state index < -0.39 is 6.61 Å². The van der Waals surface area contributed by atoms with Crippen molar-refractivity contribution in [1.29, 1.82) is 0 Å². The molecule has 2 atom stereocenters. The number of alkyl halides is 2. The van der Waals surface area contributed by atoms with Crippen LogP contribution in [0.3, 0.4) is 0 Å². The topological polar surface area (TPSA) is 33.7 Å². The van der Waals surface area contributed by atoms with Crippen molar-refractivity contribution in [1.82, 2.24) is 10.2 Å². The second-order valence-corrected chi connectivity index (χ2v) is 8.70. The summed E-state index contributed by atoms with van der Waals surface area (Å²) in [7, 11) is 0. The first-order chi connectivity index (χ1) is 14.3. The molecule has 1 unspecified atom stereocenters. The maximum atomic E-state index is 12.8. The number of ether oxygens (including phenoxy) is 2. The van der Waals surface area contributed by atoms with Gasteiger partial charge in [-0.1, -0.05) is 57.2 Å². The third kappa shape index (κ3) is 5.49. The van der Waals surface area contributed by atoms with Crippen molar-refractivity contribution in [2.75, 3.05) is 26.2 Å². The molecule has 0 saturated carbocycles. The Bertz CT molecular complexity index is 809. The molecular formula is C24H32F2N2O2. The van der Waals surface area contributed by atoms with Crippen LogP contribution in [0.25, 0.3) is 0 Å². The van der Waals surface area contributed by atoms with Gasteiger partial charge >= 0.3 is 6.61 Å². The molecule has 4 nitrogen and oxygen atoms in total. The fraction of sp³-hybridized carbons (Fsp3) is 0.500. The number of benzene rings is 2. The Labute approximate surface area is 178 Å². The van der Waals surface area contributed by atoms with Crippen LogP contribution in [-0.4, -0.2) is 43.8 Å². The molecule has 1 aliphatic rings. The van der Waals surface area contributed by atoms with Gasteiger partial charge in [-0.05, 0) is 35.6 Å². The third-order valence-electron chi connectivity index (χ3n) is 5.53.